The van der Waals surface area contributed by atoms with Gasteiger partial charge in [-0.15, -0.1) is 0 Å². The van der Waals surface area contributed by atoms with Gasteiger partial charge in [-0.25, -0.2) is 9.97 Å². The third-order valence-corrected chi connectivity index (χ3v) is 4.40. The molecule has 0 aliphatic carbocycles. The van der Waals surface area contributed by atoms with Crippen molar-refractivity contribution in [2.24, 2.45) is 0 Å². The highest BCUT2D eigenvalue weighted by molar-refractivity contribution is 5.58. The first-order chi connectivity index (χ1) is 11.2. The lowest BCUT2D eigenvalue weighted by Crippen LogP contribution is -2.36. The summed E-state index contributed by atoms with van der Waals surface area (Å²) in [6.45, 7) is 3.69. The van der Waals surface area contributed by atoms with Gasteiger partial charge in [0.05, 0.1) is 12.2 Å². The van der Waals surface area contributed by atoms with E-state index in [0.29, 0.717) is 0 Å². The molecule has 0 bridgehead atoms. The normalized spacial score (nSPS) is 17.3. The Hall–Kier alpha value is -1.98. The third-order valence-electron chi connectivity index (χ3n) is 4.40. The second-order valence-corrected chi connectivity index (χ2v) is 5.96. The highest BCUT2D eigenvalue weighted by atomic mass is 16.5. The SMILES string of the molecule is CO[C@@H](C)c1cccc(-c2nccc(N3CCC(O)CC3)n2)c1. The zero-order valence-corrected chi connectivity index (χ0v) is 13.6. The molecule has 23 heavy (non-hydrogen) atoms. The number of aliphatic hydroxyl groups excluding tert-OH is 1. The van der Waals surface area contributed by atoms with Crippen molar-refractivity contribution in [3.63, 3.8) is 0 Å². The third kappa shape index (κ3) is 3.68. The quantitative estimate of drug-likeness (QED) is 0.940. The van der Waals surface area contributed by atoms with Gasteiger partial charge in [0, 0.05) is 32.0 Å². The van der Waals surface area contributed by atoms with Gasteiger partial charge in [-0.05, 0) is 37.5 Å². The van der Waals surface area contributed by atoms with Crippen LogP contribution in [0.4, 0.5) is 5.82 Å². The first-order valence-corrected chi connectivity index (χ1v) is 8.06. The number of anilines is 1. The fourth-order valence-electron chi connectivity index (χ4n) is 2.83. The fourth-order valence-corrected chi connectivity index (χ4v) is 2.83. The van der Waals surface area contributed by atoms with Crippen molar-refractivity contribution in [3.05, 3.63) is 42.1 Å². The lowest BCUT2D eigenvalue weighted by Gasteiger charge is -2.30. The lowest BCUT2D eigenvalue weighted by atomic mass is 10.1. The molecule has 122 valence electrons. The summed E-state index contributed by atoms with van der Waals surface area (Å²) >= 11 is 0. The van der Waals surface area contributed by atoms with Crippen LogP contribution in [0.15, 0.2) is 36.5 Å². The molecule has 1 saturated heterocycles. The summed E-state index contributed by atoms with van der Waals surface area (Å²) in [5.74, 6) is 1.64. The molecular formula is C18H23N3O2. The Morgan fingerprint density at radius 2 is 2.04 bits per heavy atom. The first kappa shape index (κ1) is 15.9. The fraction of sp³-hybridized carbons (Fsp3) is 0.444. The zero-order valence-electron chi connectivity index (χ0n) is 13.6. The number of methoxy groups -OCH3 is 1. The number of hydrogen-bond acceptors (Lipinski definition) is 5. The smallest absolute Gasteiger partial charge is 0.161 e. The van der Waals surface area contributed by atoms with E-state index in [4.69, 9.17) is 9.72 Å². The number of hydrogen-bond donors (Lipinski definition) is 1. The monoisotopic (exact) mass is 313 g/mol. The molecule has 0 radical (unpaired) electrons. The van der Waals surface area contributed by atoms with E-state index in [-0.39, 0.29) is 12.2 Å². The van der Waals surface area contributed by atoms with Crippen LogP contribution < -0.4 is 4.90 Å². The van der Waals surface area contributed by atoms with Gasteiger partial charge in [0.1, 0.15) is 5.82 Å². The van der Waals surface area contributed by atoms with E-state index < -0.39 is 0 Å². The van der Waals surface area contributed by atoms with Crippen molar-refractivity contribution >= 4 is 5.82 Å². The number of aromatic nitrogens is 2. The Bertz CT molecular complexity index is 654. The van der Waals surface area contributed by atoms with Crippen LogP contribution in [-0.2, 0) is 4.74 Å². The van der Waals surface area contributed by atoms with E-state index in [1.807, 2.05) is 31.2 Å². The Balaban J connectivity index is 1.85. The van der Waals surface area contributed by atoms with Gasteiger partial charge in [0.15, 0.2) is 5.82 Å². The minimum atomic E-state index is -0.181. The van der Waals surface area contributed by atoms with Gasteiger partial charge < -0.3 is 14.7 Å². The molecule has 1 aliphatic heterocycles. The van der Waals surface area contributed by atoms with Crippen molar-refractivity contribution in [3.8, 4) is 11.4 Å². The van der Waals surface area contributed by atoms with Crippen LogP contribution in [0.25, 0.3) is 11.4 Å². The maximum absolute atomic E-state index is 9.64. The maximum Gasteiger partial charge on any atom is 0.161 e. The Morgan fingerprint density at radius 3 is 2.78 bits per heavy atom. The van der Waals surface area contributed by atoms with Crippen molar-refractivity contribution < 1.29 is 9.84 Å². The Kier molecular flexibility index (Phi) is 4.88. The summed E-state index contributed by atoms with van der Waals surface area (Å²) in [5, 5.41) is 9.64. The van der Waals surface area contributed by atoms with Crippen molar-refractivity contribution in [2.75, 3.05) is 25.1 Å². The number of aliphatic hydroxyl groups is 1. The predicted molar refractivity (Wildman–Crippen MR) is 90.3 cm³/mol. The van der Waals surface area contributed by atoms with Crippen molar-refractivity contribution in [1.29, 1.82) is 0 Å². The molecule has 0 spiro atoms. The molecule has 1 aromatic heterocycles. The predicted octanol–water partition coefficient (Wildman–Crippen LogP) is 2.81. The summed E-state index contributed by atoms with van der Waals surface area (Å²) < 4.78 is 5.38. The summed E-state index contributed by atoms with van der Waals surface area (Å²) in [6.07, 6.45) is 3.25. The van der Waals surface area contributed by atoms with Gasteiger partial charge in [-0.1, -0.05) is 18.2 Å². The van der Waals surface area contributed by atoms with Crippen molar-refractivity contribution in [1.82, 2.24) is 9.97 Å². The molecule has 1 N–H and O–H groups in total. The molecular weight excluding hydrogens is 290 g/mol. The second-order valence-electron chi connectivity index (χ2n) is 5.96. The molecule has 3 rings (SSSR count). The number of benzene rings is 1. The van der Waals surface area contributed by atoms with Crippen LogP contribution in [0.3, 0.4) is 0 Å². The van der Waals surface area contributed by atoms with E-state index in [9.17, 15) is 5.11 Å². The molecule has 0 unspecified atom stereocenters. The molecule has 1 fully saturated rings. The van der Waals surface area contributed by atoms with Crippen LogP contribution in [0.5, 0.6) is 0 Å². The topological polar surface area (TPSA) is 58.5 Å². The average molecular weight is 313 g/mol. The number of piperidine rings is 1. The van der Waals surface area contributed by atoms with Gasteiger partial charge in [-0.2, -0.15) is 0 Å². The average Bonchev–Trinajstić information content (AvgIpc) is 2.62. The number of rotatable bonds is 4. The highest BCUT2D eigenvalue weighted by Crippen LogP contribution is 2.24. The highest BCUT2D eigenvalue weighted by Gasteiger charge is 2.18. The van der Waals surface area contributed by atoms with Gasteiger partial charge >= 0.3 is 0 Å². The van der Waals surface area contributed by atoms with E-state index in [1.54, 1.807) is 13.3 Å². The molecule has 2 aromatic rings. The van der Waals surface area contributed by atoms with Crippen LogP contribution in [0, 0.1) is 0 Å². The first-order valence-electron chi connectivity index (χ1n) is 8.06. The molecule has 5 heteroatoms. The van der Waals surface area contributed by atoms with Crippen molar-refractivity contribution in [2.45, 2.75) is 32.0 Å². The second kappa shape index (κ2) is 7.06. The Labute approximate surface area is 137 Å². The molecule has 2 heterocycles. The maximum atomic E-state index is 9.64. The molecule has 1 aromatic carbocycles. The lowest BCUT2D eigenvalue weighted by molar-refractivity contribution is 0.119. The standard InChI is InChI=1S/C18H23N3O2/c1-13(23-2)14-4-3-5-15(12-14)18-19-9-6-17(20-18)21-10-7-16(22)8-11-21/h3-6,9,12-13,16,22H,7-8,10-11H2,1-2H3/t13-/m0/s1. The molecule has 1 atom stereocenters. The molecule has 1 aliphatic rings. The van der Waals surface area contributed by atoms with E-state index >= 15 is 0 Å². The summed E-state index contributed by atoms with van der Waals surface area (Å²) in [7, 11) is 1.71. The minimum absolute atomic E-state index is 0.0433. The van der Waals surface area contributed by atoms with Gasteiger partial charge in [0.25, 0.3) is 0 Å². The Morgan fingerprint density at radius 1 is 1.26 bits per heavy atom. The van der Waals surface area contributed by atoms with Crippen LogP contribution in [0.1, 0.15) is 31.4 Å². The summed E-state index contributed by atoms with van der Waals surface area (Å²) in [6, 6.07) is 10.1. The summed E-state index contributed by atoms with van der Waals surface area (Å²) in [5.41, 5.74) is 2.10. The van der Waals surface area contributed by atoms with Gasteiger partial charge in [0.2, 0.25) is 0 Å². The van der Waals surface area contributed by atoms with Crippen LogP contribution in [0.2, 0.25) is 0 Å². The van der Waals surface area contributed by atoms with E-state index in [1.165, 1.54) is 0 Å². The van der Waals surface area contributed by atoms with Crippen LogP contribution in [-0.4, -0.2) is 41.4 Å². The largest absolute Gasteiger partial charge is 0.393 e. The number of nitrogens with zero attached hydrogens (tertiary/aromatic N) is 3. The van der Waals surface area contributed by atoms with Crippen LogP contribution >= 0.6 is 0 Å². The minimum Gasteiger partial charge on any atom is -0.393 e. The molecule has 5 nitrogen and oxygen atoms in total. The number of ether oxygens (including phenoxy) is 1. The zero-order chi connectivity index (χ0) is 16.2. The molecule has 0 amide bonds. The summed E-state index contributed by atoms with van der Waals surface area (Å²) in [4.78, 5) is 11.3. The van der Waals surface area contributed by atoms with E-state index in [2.05, 4.69) is 16.0 Å². The van der Waals surface area contributed by atoms with Gasteiger partial charge in [-0.3, -0.25) is 0 Å². The van der Waals surface area contributed by atoms with E-state index in [0.717, 1.165) is 48.7 Å². The molecule has 0 saturated carbocycles.